The van der Waals surface area contributed by atoms with Crippen LogP contribution in [-0.4, -0.2) is 25.2 Å². The lowest BCUT2D eigenvalue weighted by atomic mass is 9.92. The normalized spacial score (nSPS) is 21.1. The number of nitrogens with one attached hydrogen (secondary N) is 1. The van der Waals surface area contributed by atoms with Gasteiger partial charge in [0.15, 0.2) is 0 Å². The molecule has 0 aromatic carbocycles. The third-order valence-electron chi connectivity index (χ3n) is 2.91. The second-order valence-corrected chi connectivity index (χ2v) is 5.83. The van der Waals surface area contributed by atoms with Crippen LogP contribution < -0.4 is 5.32 Å². The molecule has 1 saturated heterocycles. The number of amides is 1. The molecule has 1 aliphatic heterocycles. The Balaban J connectivity index is 2.02. The Hall–Kier alpha value is -0.570. The summed E-state index contributed by atoms with van der Waals surface area (Å²) in [6.45, 7) is 8.22. The van der Waals surface area contributed by atoms with Crippen molar-refractivity contribution in [3.63, 3.8) is 0 Å². The van der Waals surface area contributed by atoms with Crippen LogP contribution in [0, 0.1) is 5.41 Å². The van der Waals surface area contributed by atoms with Gasteiger partial charge in [0.05, 0.1) is 6.10 Å². The molecule has 0 saturated carbocycles. The lowest BCUT2D eigenvalue weighted by Gasteiger charge is -2.18. The fourth-order valence-corrected chi connectivity index (χ4v) is 1.83. The van der Waals surface area contributed by atoms with Crippen LogP contribution in [0.25, 0.3) is 0 Å². The lowest BCUT2D eigenvalue weighted by molar-refractivity contribution is -0.121. The molecule has 0 aromatic rings. The van der Waals surface area contributed by atoms with E-state index < -0.39 is 0 Å². The van der Waals surface area contributed by atoms with Gasteiger partial charge < -0.3 is 10.1 Å². The van der Waals surface area contributed by atoms with Gasteiger partial charge in [-0.3, -0.25) is 4.79 Å². The van der Waals surface area contributed by atoms with Gasteiger partial charge in [-0.25, -0.2) is 0 Å². The molecule has 1 amide bonds. The van der Waals surface area contributed by atoms with E-state index in [-0.39, 0.29) is 5.91 Å². The highest BCUT2D eigenvalue weighted by Crippen LogP contribution is 2.18. The summed E-state index contributed by atoms with van der Waals surface area (Å²) >= 11 is 0. The molecule has 1 heterocycles. The molecule has 0 aromatic heterocycles. The smallest absolute Gasteiger partial charge is 0.220 e. The second kappa shape index (κ2) is 6.24. The van der Waals surface area contributed by atoms with Crippen molar-refractivity contribution in [3.05, 3.63) is 0 Å². The van der Waals surface area contributed by atoms with E-state index in [1.165, 1.54) is 0 Å². The third-order valence-corrected chi connectivity index (χ3v) is 2.91. The van der Waals surface area contributed by atoms with Gasteiger partial charge in [-0.1, -0.05) is 20.8 Å². The number of carbonyl (C=O) groups is 1. The molecule has 1 aliphatic rings. The first kappa shape index (κ1) is 13.5. The molecule has 1 atom stereocenters. The number of hydrogen-bond donors (Lipinski definition) is 1. The van der Waals surface area contributed by atoms with Gasteiger partial charge in [-0.15, -0.1) is 0 Å². The van der Waals surface area contributed by atoms with Crippen LogP contribution in [0.5, 0.6) is 0 Å². The van der Waals surface area contributed by atoms with E-state index in [0.29, 0.717) is 17.9 Å². The highest BCUT2D eigenvalue weighted by Gasteiger charge is 2.16. The Morgan fingerprint density at radius 1 is 1.44 bits per heavy atom. The standard InChI is InChI=1S/C13H25NO2/c1-13(2,3)8-9-14-12(15)7-6-11-5-4-10-16-11/h11H,4-10H2,1-3H3,(H,14,15)/t11-/m1/s1. The molecular formula is C13H25NO2. The SMILES string of the molecule is CC(C)(C)CCNC(=O)CC[C@H]1CCCO1. The third kappa shape index (κ3) is 6.11. The monoisotopic (exact) mass is 227 g/mol. The Bertz CT molecular complexity index is 214. The quantitative estimate of drug-likeness (QED) is 0.783. The van der Waals surface area contributed by atoms with Crippen LogP contribution in [0.1, 0.15) is 52.9 Å². The first-order chi connectivity index (χ1) is 7.47. The van der Waals surface area contributed by atoms with Crippen molar-refractivity contribution in [3.8, 4) is 0 Å². The second-order valence-electron chi connectivity index (χ2n) is 5.83. The van der Waals surface area contributed by atoms with E-state index >= 15 is 0 Å². The van der Waals surface area contributed by atoms with Gasteiger partial charge >= 0.3 is 0 Å². The molecule has 94 valence electrons. The van der Waals surface area contributed by atoms with Crippen molar-refractivity contribution in [2.45, 2.75) is 59.0 Å². The number of rotatable bonds is 5. The first-order valence-corrected chi connectivity index (χ1v) is 6.36. The summed E-state index contributed by atoms with van der Waals surface area (Å²) in [5.74, 6) is 0.166. The number of hydrogen-bond acceptors (Lipinski definition) is 2. The van der Waals surface area contributed by atoms with Gasteiger partial charge in [-0.05, 0) is 31.1 Å². The van der Waals surface area contributed by atoms with E-state index in [1.54, 1.807) is 0 Å². The fourth-order valence-electron chi connectivity index (χ4n) is 1.83. The molecule has 1 N–H and O–H groups in total. The average Bonchev–Trinajstić information content (AvgIpc) is 2.65. The van der Waals surface area contributed by atoms with Crippen molar-refractivity contribution >= 4 is 5.91 Å². The Labute approximate surface area is 98.9 Å². The summed E-state index contributed by atoms with van der Waals surface area (Å²) < 4.78 is 5.48. The average molecular weight is 227 g/mol. The summed E-state index contributed by atoms with van der Waals surface area (Å²) in [5, 5.41) is 2.97. The minimum absolute atomic E-state index is 0.166. The fraction of sp³-hybridized carbons (Fsp3) is 0.923. The highest BCUT2D eigenvalue weighted by molar-refractivity contribution is 5.75. The lowest BCUT2D eigenvalue weighted by Crippen LogP contribution is -2.27. The van der Waals surface area contributed by atoms with Crippen LogP contribution >= 0.6 is 0 Å². The molecule has 0 unspecified atom stereocenters. The molecule has 0 radical (unpaired) electrons. The maximum Gasteiger partial charge on any atom is 0.220 e. The summed E-state index contributed by atoms with van der Waals surface area (Å²) in [5.41, 5.74) is 0.293. The molecular weight excluding hydrogens is 202 g/mol. The van der Waals surface area contributed by atoms with Crippen LogP contribution in [-0.2, 0) is 9.53 Å². The topological polar surface area (TPSA) is 38.3 Å². The Kier molecular flexibility index (Phi) is 5.26. The Morgan fingerprint density at radius 2 is 2.19 bits per heavy atom. The van der Waals surface area contributed by atoms with Gasteiger partial charge in [-0.2, -0.15) is 0 Å². The highest BCUT2D eigenvalue weighted by atomic mass is 16.5. The van der Waals surface area contributed by atoms with Gasteiger partial charge in [0, 0.05) is 19.6 Å². The summed E-state index contributed by atoms with van der Waals surface area (Å²) in [6.07, 6.45) is 5.11. The van der Waals surface area contributed by atoms with Crippen molar-refractivity contribution < 1.29 is 9.53 Å². The molecule has 3 nitrogen and oxygen atoms in total. The minimum atomic E-state index is 0.166. The van der Waals surface area contributed by atoms with Crippen LogP contribution in [0.2, 0.25) is 0 Å². The first-order valence-electron chi connectivity index (χ1n) is 6.36. The largest absolute Gasteiger partial charge is 0.378 e. The summed E-state index contributed by atoms with van der Waals surface area (Å²) in [4.78, 5) is 11.5. The van der Waals surface area contributed by atoms with Gasteiger partial charge in [0.1, 0.15) is 0 Å². The molecule has 0 bridgehead atoms. The zero-order valence-corrected chi connectivity index (χ0v) is 10.8. The van der Waals surface area contributed by atoms with E-state index in [1.807, 2.05) is 0 Å². The Morgan fingerprint density at radius 3 is 2.75 bits per heavy atom. The van der Waals surface area contributed by atoms with Crippen LogP contribution in [0.3, 0.4) is 0 Å². The van der Waals surface area contributed by atoms with E-state index in [4.69, 9.17) is 4.74 Å². The van der Waals surface area contributed by atoms with Crippen LogP contribution in [0.4, 0.5) is 0 Å². The zero-order valence-electron chi connectivity index (χ0n) is 10.8. The van der Waals surface area contributed by atoms with E-state index in [2.05, 4.69) is 26.1 Å². The molecule has 0 aliphatic carbocycles. The van der Waals surface area contributed by atoms with Crippen molar-refractivity contribution in [2.24, 2.45) is 5.41 Å². The molecule has 0 spiro atoms. The maximum atomic E-state index is 11.5. The predicted octanol–water partition coefficient (Wildman–Crippen LogP) is 2.50. The zero-order chi connectivity index (χ0) is 12.0. The molecule has 1 rings (SSSR count). The maximum absolute atomic E-state index is 11.5. The van der Waals surface area contributed by atoms with Crippen LogP contribution in [0.15, 0.2) is 0 Å². The van der Waals surface area contributed by atoms with Gasteiger partial charge in [0.25, 0.3) is 0 Å². The van der Waals surface area contributed by atoms with Crippen molar-refractivity contribution in [2.75, 3.05) is 13.2 Å². The summed E-state index contributed by atoms with van der Waals surface area (Å²) in [7, 11) is 0. The summed E-state index contributed by atoms with van der Waals surface area (Å²) in [6, 6.07) is 0. The number of carbonyl (C=O) groups excluding carboxylic acids is 1. The van der Waals surface area contributed by atoms with Gasteiger partial charge in [0.2, 0.25) is 5.91 Å². The molecule has 3 heteroatoms. The van der Waals surface area contributed by atoms with Crippen molar-refractivity contribution in [1.29, 1.82) is 0 Å². The van der Waals surface area contributed by atoms with E-state index in [0.717, 1.165) is 38.8 Å². The molecule has 16 heavy (non-hydrogen) atoms. The predicted molar refractivity (Wildman–Crippen MR) is 65.3 cm³/mol. The minimum Gasteiger partial charge on any atom is -0.378 e. The number of ether oxygens (including phenoxy) is 1. The molecule has 1 fully saturated rings. The van der Waals surface area contributed by atoms with E-state index in [9.17, 15) is 4.79 Å². The van der Waals surface area contributed by atoms with Crippen molar-refractivity contribution in [1.82, 2.24) is 5.32 Å².